The molecule has 0 unspecified atom stereocenters. The highest BCUT2D eigenvalue weighted by atomic mass is 35.5. The van der Waals surface area contributed by atoms with E-state index in [0.717, 1.165) is 22.6 Å². The van der Waals surface area contributed by atoms with Gasteiger partial charge < -0.3 is 15.2 Å². The standard InChI is InChI=1S/C20H16ClNO2/c21-13-9-11-14(12-10-13)22-19-16-6-2-4-8-18(16)24-20(19)15-5-1-3-7-17(15)23/h1-12,19-20,22-23H/t19-,20+/m0/s1. The number of aromatic hydroxyl groups is 1. The summed E-state index contributed by atoms with van der Waals surface area (Å²) in [6.07, 6.45) is -0.306. The number of rotatable bonds is 3. The van der Waals surface area contributed by atoms with Crippen molar-refractivity contribution in [2.75, 3.05) is 5.32 Å². The van der Waals surface area contributed by atoms with Crippen LogP contribution in [0.2, 0.25) is 5.02 Å². The van der Waals surface area contributed by atoms with Gasteiger partial charge in [-0.2, -0.15) is 0 Å². The van der Waals surface area contributed by atoms with Gasteiger partial charge in [-0.1, -0.05) is 48.0 Å². The number of phenolic OH excluding ortho intramolecular Hbond substituents is 1. The first-order valence-electron chi connectivity index (χ1n) is 7.78. The van der Waals surface area contributed by atoms with E-state index in [1.54, 1.807) is 6.07 Å². The van der Waals surface area contributed by atoms with Crippen molar-refractivity contribution < 1.29 is 9.84 Å². The van der Waals surface area contributed by atoms with Gasteiger partial charge in [0.2, 0.25) is 0 Å². The van der Waals surface area contributed by atoms with Crippen molar-refractivity contribution in [3.63, 3.8) is 0 Å². The largest absolute Gasteiger partial charge is 0.508 e. The highest BCUT2D eigenvalue weighted by molar-refractivity contribution is 6.30. The molecule has 24 heavy (non-hydrogen) atoms. The second kappa shape index (κ2) is 6.10. The minimum absolute atomic E-state index is 0.101. The first kappa shape index (κ1) is 14.9. The Hall–Kier alpha value is -2.65. The van der Waals surface area contributed by atoms with Crippen molar-refractivity contribution in [1.82, 2.24) is 0 Å². The Balaban J connectivity index is 1.74. The quantitative estimate of drug-likeness (QED) is 0.678. The lowest BCUT2D eigenvalue weighted by Gasteiger charge is -2.22. The summed E-state index contributed by atoms with van der Waals surface area (Å²) in [7, 11) is 0. The summed E-state index contributed by atoms with van der Waals surface area (Å²) in [5, 5.41) is 14.4. The molecule has 0 bridgehead atoms. The number of benzene rings is 3. The van der Waals surface area contributed by atoms with Gasteiger partial charge in [0, 0.05) is 21.8 Å². The van der Waals surface area contributed by atoms with Gasteiger partial charge in [-0.25, -0.2) is 0 Å². The van der Waals surface area contributed by atoms with Gasteiger partial charge in [0.05, 0.1) is 6.04 Å². The summed E-state index contributed by atoms with van der Waals surface area (Å²) in [6.45, 7) is 0. The van der Waals surface area contributed by atoms with Gasteiger partial charge in [-0.3, -0.25) is 0 Å². The Morgan fingerprint density at radius 3 is 2.25 bits per heavy atom. The molecule has 0 aromatic heterocycles. The van der Waals surface area contributed by atoms with Crippen LogP contribution in [0, 0.1) is 0 Å². The van der Waals surface area contributed by atoms with Crippen LogP contribution in [-0.2, 0) is 0 Å². The number of fused-ring (bicyclic) bond motifs is 1. The van der Waals surface area contributed by atoms with E-state index in [4.69, 9.17) is 16.3 Å². The lowest BCUT2D eigenvalue weighted by atomic mass is 9.97. The molecule has 3 aromatic rings. The fraction of sp³-hybridized carbons (Fsp3) is 0.100. The van der Waals surface area contributed by atoms with E-state index in [1.807, 2.05) is 66.7 Å². The summed E-state index contributed by atoms with van der Waals surface area (Å²) >= 11 is 5.97. The summed E-state index contributed by atoms with van der Waals surface area (Å²) in [4.78, 5) is 0. The second-order valence-electron chi connectivity index (χ2n) is 5.76. The summed E-state index contributed by atoms with van der Waals surface area (Å²) in [6, 6.07) is 22.7. The van der Waals surface area contributed by atoms with Crippen LogP contribution in [0.3, 0.4) is 0 Å². The molecule has 3 aromatic carbocycles. The zero-order chi connectivity index (χ0) is 16.5. The highest BCUT2D eigenvalue weighted by Crippen LogP contribution is 2.47. The number of hydrogen-bond donors (Lipinski definition) is 2. The monoisotopic (exact) mass is 337 g/mol. The average molecular weight is 338 g/mol. The Morgan fingerprint density at radius 1 is 0.833 bits per heavy atom. The Labute approximate surface area is 145 Å². The predicted octanol–water partition coefficient (Wildman–Crippen LogP) is 5.33. The normalized spacial score (nSPS) is 18.7. The van der Waals surface area contributed by atoms with E-state index in [2.05, 4.69) is 5.32 Å². The molecule has 4 rings (SSSR count). The SMILES string of the molecule is Oc1ccccc1[C@H]1Oc2ccccc2[C@@H]1Nc1ccc(Cl)cc1. The van der Waals surface area contributed by atoms with Crippen molar-refractivity contribution in [1.29, 1.82) is 0 Å². The Kier molecular flexibility index (Phi) is 3.79. The molecule has 0 spiro atoms. The zero-order valence-electron chi connectivity index (χ0n) is 12.8. The third-order valence-electron chi connectivity index (χ3n) is 4.22. The van der Waals surface area contributed by atoms with Crippen LogP contribution in [0.4, 0.5) is 5.69 Å². The molecule has 3 nitrogen and oxygen atoms in total. The lowest BCUT2D eigenvalue weighted by molar-refractivity contribution is 0.214. The van der Waals surface area contributed by atoms with Crippen LogP contribution >= 0.6 is 11.6 Å². The molecule has 0 amide bonds. The maximum Gasteiger partial charge on any atom is 0.152 e. The summed E-state index contributed by atoms with van der Waals surface area (Å²) in [5.41, 5.74) is 2.78. The van der Waals surface area contributed by atoms with Crippen LogP contribution < -0.4 is 10.1 Å². The smallest absolute Gasteiger partial charge is 0.152 e. The van der Waals surface area contributed by atoms with Crippen LogP contribution in [0.25, 0.3) is 0 Å². The van der Waals surface area contributed by atoms with Crippen molar-refractivity contribution >= 4 is 17.3 Å². The number of hydrogen-bond acceptors (Lipinski definition) is 3. The molecular formula is C20H16ClNO2. The Bertz CT molecular complexity index is 864. The first-order chi connectivity index (χ1) is 11.7. The van der Waals surface area contributed by atoms with E-state index in [9.17, 15) is 5.11 Å². The van der Waals surface area contributed by atoms with E-state index in [-0.39, 0.29) is 17.9 Å². The molecule has 1 heterocycles. The van der Waals surface area contributed by atoms with Crippen molar-refractivity contribution in [2.45, 2.75) is 12.1 Å². The summed E-state index contributed by atoms with van der Waals surface area (Å²) < 4.78 is 6.13. The lowest BCUT2D eigenvalue weighted by Crippen LogP contribution is -2.17. The van der Waals surface area contributed by atoms with Crippen molar-refractivity contribution in [2.24, 2.45) is 0 Å². The fourth-order valence-electron chi connectivity index (χ4n) is 3.06. The minimum atomic E-state index is -0.306. The molecule has 0 radical (unpaired) electrons. The highest BCUT2D eigenvalue weighted by Gasteiger charge is 2.36. The van der Waals surface area contributed by atoms with E-state index in [0.29, 0.717) is 5.02 Å². The average Bonchev–Trinajstić information content (AvgIpc) is 2.96. The number of nitrogens with one attached hydrogen (secondary N) is 1. The van der Waals surface area contributed by atoms with Crippen LogP contribution in [0.1, 0.15) is 23.3 Å². The molecule has 2 N–H and O–H groups in total. The molecule has 0 fully saturated rings. The second-order valence-corrected chi connectivity index (χ2v) is 6.20. The number of para-hydroxylation sites is 2. The molecular weight excluding hydrogens is 322 g/mol. The molecule has 1 aliphatic rings. The fourth-order valence-corrected chi connectivity index (χ4v) is 3.19. The molecule has 0 aliphatic carbocycles. The van der Waals surface area contributed by atoms with Crippen LogP contribution in [-0.4, -0.2) is 5.11 Å². The van der Waals surface area contributed by atoms with Gasteiger partial charge >= 0.3 is 0 Å². The van der Waals surface area contributed by atoms with Gasteiger partial charge in [-0.15, -0.1) is 0 Å². The van der Waals surface area contributed by atoms with Gasteiger partial charge in [0.1, 0.15) is 11.5 Å². The number of ether oxygens (including phenoxy) is 1. The molecule has 2 atom stereocenters. The molecule has 1 aliphatic heterocycles. The molecule has 4 heteroatoms. The third-order valence-corrected chi connectivity index (χ3v) is 4.47. The van der Waals surface area contributed by atoms with Crippen molar-refractivity contribution in [3.8, 4) is 11.5 Å². The van der Waals surface area contributed by atoms with Crippen LogP contribution in [0.15, 0.2) is 72.8 Å². The number of halogens is 1. The Morgan fingerprint density at radius 2 is 1.50 bits per heavy atom. The predicted molar refractivity (Wildman–Crippen MR) is 95.7 cm³/mol. The first-order valence-corrected chi connectivity index (χ1v) is 8.16. The molecule has 0 saturated heterocycles. The zero-order valence-corrected chi connectivity index (χ0v) is 13.6. The third kappa shape index (κ3) is 2.68. The van der Waals surface area contributed by atoms with E-state index < -0.39 is 0 Å². The van der Waals surface area contributed by atoms with Crippen LogP contribution in [0.5, 0.6) is 11.5 Å². The van der Waals surface area contributed by atoms with E-state index >= 15 is 0 Å². The number of anilines is 1. The summed E-state index contributed by atoms with van der Waals surface area (Å²) in [5.74, 6) is 1.07. The molecule has 0 saturated carbocycles. The van der Waals surface area contributed by atoms with Gasteiger partial charge in [0.15, 0.2) is 6.10 Å². The van der Waals surface area contributed by atoms with E-state index in [1.165, 1.54) is 0 Å². The van der Waals surface area contributed by atoms with Gasteiger partial charge in [-0.05, 0) is 36.4 Å². The minimum Gasteiger partial charge on any atom is -0.508 e. The van der Waals surface area contributed by atoms with Gasteiger partial charge in [0.25, 0.3) is 0 Å². The maximum absolute atomic E-state index is 10.2. The number of phenols is 1. The molecule has 120 valence electrons. The van der Waals surface area contributed by atoms with Crippen molar-refractivity contribution in [3.05, 3.63) is 88.9 Å². The topological polar surface area (TPSA) is 41.5 Å². The maximum atomic E-state index is 10.2.